The lowest BCUT2D eigenvalue weighted by Gasteiger charge is -2.09. The number of anilines is 1. The van der Waals surface area contributed by atoms with Crippen LogP contribution in [0.4, 0.5) is 5.69 Å². The molecule has 0 spiro atoms. The molecular formula is C23H22N2O6. The molecule has 31 heavy (non-hydrogen) atoms. The summed E-state index contributed by atoms with van der Waals surface area (Å²) in [5.41, 5.74) is 1.98. The third-order valence-electron chi connectivity index (χ3n) is 4.24. The van der Waals surface area contributed by atoms with Gasteiger partial charge in [-0.25, -0.2) is 9.79 Å². The quantitative estimate of drug-likeness (QED) is 0.415. The first kappa shape index (κ1) is 21.8. The Kier molecular flexibility index (Phi) is 6.81. The number of carbonyl (C=O) groups excluding carboxylic acids is 3. The van der Waals surface area contributed by atoms with Gasteiger partial charge in [0, 0.05) is 24.6 Å². The van der Waals surface area contributed by atoms with Crippen molar-refractivity contribution in [3.8, 4) is 11.5 Å². The van der Waals surface area contributed by atoms with Gasteiger partial charge < -0.3 is 19.5 Å². The summed E-state index contributed by atoms with van der Waals surface area (Å²) < 4.78 is 15.9. The summed E-state index contributed by atoms with van der Waals surface area (Å²) in [4.78, 5) is 39.4. The van der Waals surface area contributed by atoms with Crippen molar-refractivity contribution in [1.82, 2.24) is 0 Å². The number of rotatable bonds is 7. The maximum atomic E-state index is 12.3. The van der Waals surface area contributed by atoms with Crippen LogP contribution in [0.2, 0.25) is 0 Å². The van der Waals surface area contributed by atoms with Gasteiger partial charge in [0.2, 0.25) is 11.8 Å². The molecule has 0 bridgehead atoms. The van der Waals surface area contributed by atoms with Gasteiger partial charge in [-0.3, -0.25) is 9.59 Å². The molecule has 8 nitrogen and oxygen atoms in total. The molecule has 0 atom stereocenters. The molecular weight excluding hydrogens is 400 g/mol. The Hall–Kier alpha value is -3.94. The van der Waals surface area contributed by atoms with Crippen LogP contribution in [0.15, 0.2) is 53.2 Å². The van der Waals surface area contributed by atoms with Crippen molar-refractivity contribution >= 4 is 35.5 Å². The van der Waals surface area contributed by atoms with E-state index in [0.29, 0.717) is 41.2 Å². The highest BCUT2D eigenvalue weighted by molar-refractivity contribution is 6.13. The van der Waals surface area contributed by atoms with Crippen LogP contribution in [0.3, 0.4) is 0 Å². The molecule has 8 heteroatoms. The molecule has 0 radical (unpaired) electrons. The number of methoxy groups -OCH3 is 1. The van der Waals surface area contributed by atoms with Crippen LogP contribution in [0.5, 0.6) is 11.5 Å². The van der Waals surface area contributed by atoms with E-state index in [0.717, 1.165) is 0 Å². The second-order valence-corrected chi connectivity index (χ2v) is 6.73. The van der Waals surface area contributed by atoms with Gasteiger partial charge in [0.25, 0.3) is 0 Å². The van der Waals surface area contributed by atoms with Crippen molar-refractivity contribution in [3.63, 3.8) is 0 Å². The Bertz CT molecular complexity index is 1070. The SMILES string of the molecule is CCCC(=O)Oc1ccc(/C=C2\N=C(c3ccc(NC(C)=O)cc3)OC2=O)cc1OC. The lowest BCUT2D eigenvalue weighted by Crippen LogP contribution is -2.08. The van der Waals surface area contributed by atoms with E-state index in [1.807, 2.05) is 6.92 Å². The molecule has 2 aromatic carbocycles. The lowest BCUT2D eigenvalue weighted by molar-refractivity contribution is -0.134. The summed E-state index contributed by atoms with van der Waals surface area (Å²) in [6.45, 7) is 3.31. The van der Waals surface area contributed by atoms with Crippen LogP contribution in [0.25, 0.3) is 6.08 Å². The van der Waals surface area contributed by atoms with E-state index in [2.05, 4.69) is 10.3 Å². The van der Waals surface area contributed by atoms with Gasteiger partial charge in [-0.05, 0) is 54.5 Å². The van der Waals surface area contributed by atoms with Gasteiger partial charge in [-0.2, -0.15) is 0 Å². The zero-order valence-electron chi connectivity index (χ0n) is 17.4. The Morgan fingerprint density at radius 1 is 1.13 bits per heavy atom. The van der Waals surface area contributed by atoms with Gasteiger partial charge in [-0.1, -0.05) is 13.0 Å². The van der Waals surface area contributed by atoms with Gasteiger partial charge in [-0.15, -0.1) is 0 Å². The fourth-order valence-electron chi connectivity index (χ4n) is 2.83. The van der Waals surface area contributed by atoms with E-state index >= 15 is 0 Å². The number of amides is 1. The van der Waals surface area contributed by atoms with Crippen molar-refractivity contribution in [2.75, 3.05) is 12.4 Å². The number of hydrogen-bond acceptors (Lipinski definition) is 7. The Morgan fingerprint density at radius 2 is 1.87 bits per heavy atom. The average molecular weight is 422 g/mol. The summed E-state index contributed by atoms with van der Waals surface area (Å²) in [7, 11) is 1.47. The zero-order chi connectivity index (χ0) is 22.4. The van der Waals surface area contributed by atoms with Crippen molar-refractivity contribution in [2.24, 2.45) is 4.99 Å². The molecule has 0 saturated heterocycles. The lowest BCUT2D eigenvalue weighted by atomic mass is 10.1. The number of cyclic esters (lactones) is 1. The normalized spacial score (nSPS) is 14.1. The third-order valence-corrected chi connectivity index (χ3v) is 4.24. The van der Waals surface area contributed by atoms with E-state index in [4.69, 9.17) is 14.2 Å². The zero-order valence-corrected chi connectivity index (χ0v) is 17.4. The number of aliphatic imine (C=N–C) groups is 1. The molecule has 0 saturated carbocycles. The molecule has 1 amide bonds. The smallest absolute Gasteiger partial charge is 0.363 e. The van der Waals surface area contributed by atoms with Crippen molar-refractivity contribution in [2.45, 2.75) is 26.7 Å². The monoisotopic (exact) mass is 422 g/mol. The number of hydrogen-bond donors (Lipinski definition) is 1. The molecule has 1 heterocycles. The Labute approximate surface area is 179 Å². The predicted molar refractivity (Wildman–Crippen MR) is 115 cm³/mol. The summed E-state index contributed by atoms with van der Waals surface area (Å²) in [5, 5.41) is 2.67. The topological polar surface area (TPSA) is 103 Å². The van der Waals surface area contributed by atoms with Crippen molar-refractivity contribution < 1.29 is 28.6 Å². The van der Waals surface area contributed by atoms with Gasteiger partial charge in [0.15, 0.2) is 17.2 Å². The summed E-state index contributed by atoms with van der Waals surface area (Å²) in [6.07, 6.45) is 2.55. The highest BCUT2D eigenvalue weighted by Crippen LogP contribution is 2.30. The molecule has 160 valence electrons. The summed E-state index contributed by atoms with van der Waals surface area (Å²) >= 11 is 0. The first-order valence-electron chi connectivity index (χ1n) is 9.69. The maximum Gasteiger partial charge on any atom is 0.363 e. The fraction of sp³-hybridized carbons (Fsp3) is 0.217. The third kappa shape index (κ3) is 5.57. The molecule has 0 aromatic heterocycles. The van der Waals surface area contributed by atoms with E-state index in [9.17, 15) is 14.4 Å². The summed E-state index contributed by atoms with van der Waals surface area (Å²) in [6, 6.07) is 11.7. The van der Waals surface area contributed by atoms with Crippen LogP contribution >= 0.6 is 0 Å². The van der Waals surface area contributed by atoms with E-state index in [-0.39, 0.29) is 23.5 Å². The van der Waals surface area contributed by atoms with Gasteiger partial charge in [0.05, 0.1) is 7.11 Å². The van der Waals surface area contributed by atoms with E-state index in [1.54, 1.807) is 48.5 Å². The predicted octanol–water partition coefficient (Wildman–Crippen LogP) is 3.70. The molecule has 1 aliphatic rings. The molecule has 2 aromatic rings. The first-order valence-corrected chi connectivity index (χ1v) is 9.69. The molecule has 0 fully saturated rings. The number of carbonyl (C=O) groups is 3. The second-order valence-electron chi connectivity index (χ2n) is 6.73. The van der Waals surface area contributed by atoms with Crippen molar-refractivity contribution in [3.05, 3.63) is 59.3 Å². The highest BCUT2D eigenvalue weighted by atomic mass is 16.6. The fourth-order valence-corrected chi connectivity index (χ4v) is 2.83. The van der Waals surface area contributed by atoms with Gasteiger partial charge >= 0.3 is 11.9 Å². The molecule has 1 aliphatic heterocycles. The van der Waals surface area contributed by atoms with E-state index in [1.165, 1.54) is 14.0 Å². The van der Waals surface area contributed by atoms with Crippen molar-refractivity contribution in [1.29, 1.82) is 0 Å². The molecule has 3 rings (SSSR count). The van der Waals surface area contributed by atoms with Crippen LogP contribution in [0.1, 0.15) is 37.8 Å². The van der Waals surface area contributed by atoms with Crippen LogP contribution < -0.4 is 14.8 Å². The Morgan fingerprint density at radius 3 is 2.52 bits per heavy atom. The molecule has 0 aliphatic carbocycles. The minimum absolute atomic E-state index is 0.124. The summed E-state index contributed by atoms with van der Waals surface area (Å²) in [5.74, 6) is -0.265. The number of esters is 2. The number of ether oxygens (including phenoxy) is 3. The van der Waals surface area contributed by atoms with Crippen LogP contribution in [-0.4, -0.2) is 30.9 Å². The molecule has 0 unspecified atom stereocenters. The maximum absolute atomic E-state index is 12.3. The second kappa shape index (κ2) is 9.71. The largest absolute Gasteiger partial charge is 0.493 e. The van der Waals surface area contributed by atoms with E-state index < -0.39 is 5.97 Å². The number of nitrogens with one attached hydrogen (secondary N) is 1. The number of nitrogens with zero attached hydrogens (tertiary/aromatic N) is 1. The van der Waals surface area contributed by atoms with Crippen LogP contribution in [-0.2, 0) is 19.1 Å². The van der Waals surface area contributed by atoms with Crippen LogP contribution in [0, 0.1) is 0 Å². The standard InChI is InChI=1S/C23H22N2O6/c1-4-5-21(27)30-19-11-6-15(13-20(19)29-3)12-18-23(28)31-22(25-18)16-7-9-17(10-8-16)24-14(2)26/h6-13H,4-5H2,1-3H3,(H,24,26)/b18-12-. The van der Waals surface area contributed by atoms with Gasteiger partial charge in [0.1, 0.15) is 0 Å². The average Bonchev–Trinajstić information content (AvgIpc) is 3.09. The molecule has 1 N–H and O–H groups in total. The minimum Gasteiger partial charge on any atom is -0.493 e. The first-order chi connectivity index (χ1) is 14.9. The minimum atomic E-state index is -0.585. The highest BCUT2D eigenvalue weighted by Gasteiger charge is 2.24. The number of benzene rings is 2. The Balaban J connectivity index is 1.81.